The van der Waals surface area contributed by atoms with Crippen molar-refractivity contribution in [2.24, 2.45) is 0 Å². The molecule has 0 radical (unpaired) electrons. The second-order valence-corrected chi connectivity index (χ2v) is 9.72. The number of fused-ring (bicyclic) bond motifs is 1. The maximum absolute atomic E-state index is 11.4. The van der Waals surface area contributed by atoms with Gasteiger partial charge in [0.05, 0.1) is 6.10 Å². The lowest BCUT2D eigenvalue weighted by Crippen LogP contribution is -2.11. The van der Waals surface area contributed by atoms with Gasteiger partial charge < -0.3 is 14.4 Å². The van der Waals surface area contributed by atoms with Gasteiger partial charge in [-0.15, -0.1) is 6.58 Å². The van der Waals surface area contributed by atoms with Crippen LogP contribution < -0.4 is 4.74 Å². The molecule has 1 aromatic heterocycles. The van der Waals surface area contributed by atoms with Gasteiger partial charge in [-0.05, 0) is 80.1 Å². The van der Waals surface area contributed by atoms with Gasteiger partial charge in [-0.1, -0.05) is 18.2 Å². The molecule has 0 spiro atoms. The Morgan fingerprint density at radius 2 is 2.06 bits per heavy atom. The largest absolute Gasteiger partial charge is 0.491 e. The third-order valence-electron chi connectivity index (χ3n) is 5.68. The summed E-state index contributed by atoms with van der Waals surface area (Å²) < 4.78 is 10.0. The zero-order valence-electron chi connectivity index (χ0n) is 18.7. The number of aromatic nitrogens is 1. The molecule has 2 aromatic carbocycles. The summed E-state index contributed by atoms with van der Waals surface area (Å²) in [5.41, 5.74) is 3.39. The minimum Gasteiger partial charge on any atom is -0.491 e. The van der Waals surface area contributed by atoms with Crippen molar-refractivity contribution in [2.75, 3.05) is 13.1 Å². The molecule has 32 heavy (non-hydrogen) atoms. The molecule has 1 atom stereocenters. The number of aliphatic carboxylic acids is 1. The average molecular weight is 451 g/mol. The van der Waals surface area contributed by atoms with Crippen LogP contribution in [0.5, 0.6) is 5.75 Å². The minimum atomic E-state index is -0.823. The van der Waals surface area contributed by atoms with Crippen molar-refractivity contribution >= 4 is 28.8 Å². The van der Waals surface area contributed by atoms with Crippen LogP contribution in [0.4, 0.5) is 0 Å². The molecule has 1 aliphatic heterocycles. The molecule has 1 unspecified atom stereocenters. The number of nitrogens with zero attached hydrogens (tertiary/aromatic N) is 2. The molecule has 2 heterocycles. The first kappa shape index (κ1) is 22.5. The van der Waals surface area contributed by atoms with Crippen LogP contribution in [-0.2, 0) is 17.8 Å². The third kappa shape index (κ3) is 5.19. The fourth-order valence-corrected chi connectivity index (χ4v) is 5.33. The molecular formula is C26H30N2O3S. The Bertz CT molecular complexity index is 1100. The van der Waals surface area contributed by atoms with Crippen molar-refractivity contribution < 1.29 is 14.6 Å². The highest BCUT2D eigenvalue weighted by Crippen LogP contribution is 2.38. The highest BCUT2D eigenvalue weighted by molar-refractivity contribution is 7.97. The number of ether oxygens (including phenoxy) is 1. The first-order valence-electron chi connectivity index (χ1n) is 11.1. The van der Waals surface area contributed by atoms with E-state index in [0.717, 1.165) is 48.1 Å². The van der Waals surface area contributed by atoms with Crippen LogP contribution in [0.3, 0.4) is 0 Å². The predicted octanol–water partition coefficient (Wildman–Crippen LogP) is 5.74. The van der Waals surface area contributed by atoms with E-state index in [9.17, 15) is 9.90 Å². The zero-order valence-corrected chi connectivity index (χ0v) is 19.5. The van der Waals surface area contributed by atoms with E-state index in [0.29, 0.717) is 5.92 Å². The minimum absolute atomic E-state index is 0.0238. The fourth-order valence-electron chi connectivity index (χ4n) is 4.33. The van der Waals surface area contributed by atoms with Crippen LogP contribution >= 0.6 is 11.9 Å². The Hall–Kier alpha value is -2.70. The molecular weight excluding hydrogens is 420 g/mol. The monoisotopic (exact) mass is 450 g/mol. The number of rotatable bonds is 9. The van der Waals surface area contributed by atoms with Crippen LogP contribution in [0.2, 0.25) is 0 Å². The van der Waals surface area contributed by atoms with Crippen LogP contribution in [0.25, 0.3) is 10.9 Å². The van der Waals surface area contributed by atoms with Gasteiger partial charge in [0.15, 0.2) is 0 Å². The summed E-state index contributed by atoms with van der Waals surface area (Å²) in [5, 5.41) is 10.5. The molecule has 0 bridgehead atoms. The molecule has 0 saturated carbocycles. The van der Waals surface area contributed by atoms with E-state index in [1.54, 1.807) is 11.9 Å². The van der Waals surface area contributed by atoms with E-state index in [4.69, 9.17) is 4.74 Å². The van der Waals surface area contributed by atoms with Gasteiger partial charge in [-0.3, -0.25) is 4.79 Å². The van der Waals surface area contributed by atoms with Gasteiger partial charge in [0.25, 0.3) is 0 Å². The molecule has 1 fully saturated rings. The molecule has 3 aromatic rings. The number of hydrogen-bond donors (Lipinski definition) is 1. The van der Waals surface area contributed by atoms with Crippen molar-refractivity contribution in [3.8, 4) is 5.75 Å². The van der Waals surface area contributed by atoms with Gasteiger partial charge in [-0.2, -0.15) is 0 Å². The molecule has 5 nitrogen and oxygen atoms in total. The molecule has 1 N–H and O–H groups in total. The summed E-state index contributed by atoms with van der Waals surface area (Å²) in [4.78, 5) is 12.6. The maximum Gasteiger partial charge on any atom is 0.323 e. The van der Waals surface area contributed by atoms with Crippen molar-refractivity contribution in [1.82, 2.24) is 8.87 Å². The Labute approximate surface area is 193 Å². The Morgan fingerprint density at radius 3 is 2.75 bits per heavy atom. The number of hydrogen-bond acceptors (Lipinski definition) is 4. The standard InChI is InChI=1S/C26H30N2O3S/c1-4-5-19-6-11-23-24(16-27(17-26(29)30)25(23)14-19)20-12-13-28(15-20)32-22-9-7-21(8-10-22)31-18(2)3/h4,6-11,14,16,18,20H,1,5,12-13,15,17H2,2-3H3,(H,29,30). The second-order valence-electron chi connectivity index (χ2n) is 8.55. The van der Waals surface area contributed by atoms with Crippen molar-refractivity contribution in [2.45, 2.75) is 50.2 Å². The lowest BCUT2D eigenvalue weighted by molar-refractivity contribution is -0.137. The quantitative estimate of drug-likeness (QED) is 0.333. The first-order valence-corrected chi connectivity index (χ1v) is 11.8. The number of carbonyl (C=O) groups is 1. The van der Waals surface area contributed by atoms with Crippen LogP contribution in [-0.4, -0.2) is 39.1 Å². The SMILES string of the molecule is C=CCc1ccc2c(C3CCN(Sc4ccc(OC(C)C)cc4)C3)cn(CC(=O)O)c2c1. The first-order chi connectivity index (χ1) is 15.4. The van der Waals surface area contributed by atoms with Gasteiger partial charge in [0, 0.05) is 41.0 Å². The molecule has 0 aliphatic carbocycles. The maximum atomic E-state index is 11.4. The van der Waals surface area contributed by atoms with Gasteiger partial charge in [0.1, 0.15) is 12.3 Å². The summed E-state index contributed by atoms with van der Waals surface area (Å²) in [6, 6.07) is 14.6. The lowest BCUT2D eigenvalue weighted by Gasteiger charge is -2.15. The molecule has 6 heteroatoms. The highest BCUT2D eigenvalue weighted by Gasteiger charge is 2.27. The summed E-state index contributed by atoms with van der Waals surface area (Å²) in [5.74, 6) is 0.454. The lowest BCUT2D eigenvalue weighted by atomic mass is 9.97. The van der Waals surface area contributed by atoms with Crippen LogP contribution in [0.15, 0.2) is 66.2 Å². The van der Waals surface area contributed by atoms with E-state index < -0.39 is 5.97 Å². The molecule has 1 saturated heterocycles. The average Bonchev–Trinajstić information content (AvgIpc) is 3.34. The second kappa shape index (κ2) is 9.84. The van der Waals surface area contributed by atoms with Crippen molar-refractivity contribution in [1.29, 1.82) is 0 Å². The number of benzene rings is 2. The van der Waals surface area contributed by atoms with Gasteiger partial charge in [-0.25, -0.2) is 4.31 Å². The highest BCUT2D eigenvalue weighted by atomic mass is 32.2. The number of allylic oxidation sites excluding steroid dienone is 1. The normalized spacial score (nSPS) is 16.7. The molecule has 168 valence electrons. The fraction of sp³-hybridized carbons (Fsp3) is 0.346. The number of carboxylic acids is 1. The molecule has 1 aliphatic rings. The van der Waals surface area contributed by atoms with Crippen LogP contribution in [0.1, 0.15) is 37.3 Å². The van der Waals surface area contributed by atoms with E-state index in [1.807, 2.05) is 42.8 Å². The number of carboxylic acid groups (broad SMARTS) is 1. The predicted molar refractivity (Wildman–Crippen MR) is 130 cm³/mol. The third-order valence-corrected chi connectivity index (χ3v) is 6.76. The summed E-state index contributed by atoms with van der Waals surface area (Å²) in [6.45, 7) is 9.79. The topological polar surface area (TPSA) is 54.7 Å². The zero-order chi connectivity index (χ0) is 22.7. The van der Waals surface area contributed by atoms with Crippen LogP contribution in [0, 0.1) is 0 Å². The van der Waals surface area contributed by atoms with Crippen molar-refractivity contribution in [3.05, 3.63) is 72.4 Å². The Kier molecular flexibility index (Phi) is 6.92. The summed E-state index contributed by atoms with van der Waals surface area (Å²) in [7, 11) is 0. The van der Waals surface area contributed by atoms with E-state index in [2.05, 4.69) is 41.2 Å². The summed E-state index contributed by atoms with van der Waals surface area (Å²) >= 11 is 1.77. The van der Waals surface area contributed by atoms with E-state index in [1.165, 1.54) is 10.5 Å². The van der Waals surface area contributed by atoms with Gasteiger partial charge >= 0.3 is 5.97 Å². The van der Waals surface area contributed by atoms with Gasteiger partial charge in [0.2, 0.25) is 0 Å². The van der Waals surface area contributed by atoms with E-state index >= 15 is 0 Å². The smallest absolute Gasteiger partial charge is 0.323 e. The van der Waals surface area contributed by atoms with Crippen molar-refractivity contribution in [3.63, 3.8) is 0 Å². The molecule has 4 rings (SSSR count). The molecule has 0 amide bonds. The Balaban J connectivity index is 1.51. The Morgan fingerprint density at radius 1 is 1.28 bits per heavy atom. The van der Waals surface area contributed by atoms with E-state index in [-0.39, 0.29) is 12.6 Å². The summed E-state index contributed by atoms with van der Waals surface area (Å²) in [6.07, 6.45) is 5.93.